The van der Waals surface area contributed by atoms with E-state index in [4.69, 9.17) is 5.73 Å². The van der Waals surface area contributed by atoms with Gasteiger partial charge in [0.15, 0.2) is 0 Å². The van der Waals surface area contributed by atoms with Crippen LogP contribution in [-0.2, 0) is 4.79 Å². The van der Waals surface area contributed by atoms with E-state index < -0.39 is 5.54 Å². The molecule has 2 heterocycles. The van der Waals surface area contributed by atoms with Crippen LogP contribution >= 0.6 is 0 Å². The highest BCUT2D eigenvalue weighted by Gasteiger charge is 2.36. The third-order valence-corrected chi connectivity index (χ3v) is 5.29. The molecule has 5 heteroatoms. The molecular formula is C16H32N4O. The maximum absolute atomic E-state index is 11.8. The Morgan fingerprint density at radius 2 is 2.05 bits per heavy atom. The molecule has 122 valence electrons. The Bertz CT molecular complexity index is 356. The first-order valence-electron chi connectivity index (χ1n) is 8.49. The average molecular weight is 296 g/mol. The predicted octanol–water partition coefficient (Wildman–Crippen LogP) is 0.789. The summed E-state index contributed by atoms with van der Waals surface area (Å²) in [5.74, 6) is -0.244. The van der Waals surface area contributed by atoms with Crippen LogP contribution in [0.2, 0.25) is 0 Å². The van der Waals surface area contributed by atoms with Crippen LogP contribution in [0.5, 0.6) is 0 Å². The number of hydrogen-bond acceptors (Lipinski definition) is 4. The lowest BCUT2D eigenvalue weighted by Gasteiger charge is -2.34. The summed E-state index contributed by atoms with van der Waals surface area (Å²) in [7, 11) is 0. The zero-order chi connectivity index (χ0) is 15.5. The van der Waals surface area contributed by atoms with Gasteiger partial charge in [0, 0.05) is 25.2 Å². The number of hydrogen-bond donors (Lipinski definition) is 2. The van der Waals surface area contributed by atoms with Crippen LogP contribution in [0.1, 0.15) is 46.5 Å². The van der Waals surface area contributed by atoms with E-state index in [2.05, 4.69) is 22.0 Å². The van der Waals surface area contributed by atoms with E-state index in [1.54, 1.807) is 0 Å². The second kappa shape index (κ2) is 7.07. The molecule has 3 unspecified atom stereocenters. The Morgan fingerprint density at radius 3 is 2.62 bits per heavy atom. The Hall–Kier alpha value is -0.650. The van der Waals surface area contributed by atoms with Gasteiger partial charge in [0.05, 0.1) is 5.54 Å². The molecule has 0 aliphatic carbocycles. The second-order valence-corrected chi connectivity index (χ2v) is 6.96. The van der Waals surface area contributed by atoms with Gasteiger partial charge in [-0.2, -0.15) is 0 Å². The number of primary amides is 1. The van der Waals surface area contributed by atoms with Crippen LogP contribution in [0.15, 0.2) is 0 Å². The normalized spacial score (nSPS) is 28.6. The molecule has 0 spiro atoms. The van der Waals surface area contributed by atoms with E-state index in [1.807, 2.05) is 13.8 Å². The molecule has 2 fully saturated rings. The Balaban J connectivity index is 1.88. The highest BCUT2D eigenvalue weighted by molar-refractivity contribution is 5.84. The van der Waals surface area contributed by atoms with Crippen LogP contribution in [-0.4, -0.2) is 66.1 Å². The largest absolute Gasteiger partial charge is 0.368 e. The molecule has 0 aromatic carbocycles. The topological polar surface area (TPSA) is 61.6 Å². The van der Waals surface area contributed by atoms with Crippen molar-refractivity contribution in [2.24, 2.45) is 5.73 Å². The van der Waals surface area contributed by atoms with E-state index >= 15 is 0 Å². The number of likely N-dealkylation sites (tertiary alicyclic amines) is 2. The second-order valence-electron chi connectivity index (χ2n) is 6.96. The van der Waals surface area contributed by atoms with Gasteiger partial charge in [0.1, 0.15) is 0 Å². The summed E-state index contributed by atoms with van der Waals surface area (Å²) in [6, 6.07) is 1.10. The molecule has 0 radical (unpaired) electrons. The standard InChI is InChI=1S/C16H32N4O/c1-4-18-16(3,15(17)21)11-13(2)20-10-7-14(12-20)19-8-5-6-9-19/h13-14,18H,4-12H2,1-3H3,(H2,17,21). The van der Waals surface area contributed by atoms with Crippen molar-refractivity contribution in [2.75, 3.05) is 32.7 Å². The summed E-state index contributed by atoms with van der Waals surface area (Å²) in [6.45, 7) is 11.8. The Morgan fingerprint density at radius 1 is 1.38 bits per heavy atom. The fourth-order valence-electron chi connectivity index (χ4n) is 3.94. The molecule has 0 bridgehead atoms. The summed E-state index contributed by atoms with van der Waals surface area (Å²) in [5, 5.41) is 3.27. The van der Waals surface area contributed by atoms with E-state index in [0.717, 1.165) is 26.1 Å². The number of likely N-dealkylation sites (N-methyl/N-ethyl adjacent to an activating group) is 1. The van der Waals surface area contributed by atoms with Crippen molar-refractivity contribution in [1.29, 1.82) is 0 Å². The van der Waals surface area contributed by atoms with Crippen LogP contribution in [0.25, 0.3) is 0 Å². The molecule has 0 aromatic heterocycles. The molecule has 0 aromatic rings. The van der Waals surface area contributed by atoms with Crippen LogP contribution in [0.3, 0.4) is 0 Å². The number of nitrogens with one attached hydrogen (secondary N) is 1. The van der Waals surface area contributed by atoms with E-state index in [9.17, 15) is 4.79 Å². The summed E-state index contributed by atoms with van der Waals surface area (Å²) in [4.78, 5) is 16.9. The van der Waals surface area contributed by atoms with Crippen molar-refractivity contribution in [3.63, 3.8) is 0 Å². The third kappa shape index (κ3) is 3.96. The van der Waals surface area contributed by atoms with Crippen LogP contribution in [0, 0.1) is 0 Å². The molecule has 2 aliphatic rings. The number of carbonyl (C=O) groups is 1. The Kier molecular flexibility index (Phi) is 5.63. The smallest absolute Gasteiger partial charge is 0.237 e. The zero-order valence-corrected chi connectivity index (χ0v) is 13.9. The molecule has 3 N–H and O–H groups in total. The maximum atomic E-state index is 11.8. The van der Waals surface area contributed by atoms with Gasteiger partial charge in [-0.1, -0.05) is 6.92 Å². The summed E-state index contributed by atoms with van der Waals surface area (Å²) in [5.41, 5.74) is 5.01. The van der Waals surface area contributed by atoms with Crippen molar-refractivity contribution in [1.82, 2.24) is 15.1 Å². The van der Waals surface area contributed by atoms with Crippen molar-refractivity contribution in [3.05, 3.63) is 0 Å². The van der Waals surface area contributed by atoms with Crippen molar-refractivity contribution < 1.29 is 4.79 Å². The van der Waals surface area contributed by atoms with Gasteiger partial charge < -0.3 is 11.1 Å². The molecule has 3 atom stereocenters. The number of rotatable bonds is 7. The van der Waals surface area contributed by atoms with Gasteiger partial charge in [-0.05, 0) is 59.2 Å². The van der Waals surface area contributed by atoms with E-state index in [0.29, 0.717) is 12.1 Å². The Labute approximate surface area is 129 Å². The third-order valence-electron chi connectivity index (χ3n) is 5.29. The van der Waals surface area contributed by atoms with Gasteiger partial charge in [-0.3, -0.25) is 14.6 Å². The molecule has 1 amide bonds. The van der Waals surface area contributed by atoms with Gasteiger partial charge >= 0.3 is 0 Å². The van der Waals surface area contributed by atoms with Crippen LogP contribution < -0.4 is 11.1 Å². The molecule has 21 heavy (non-hydrogen) atoms. The van der Waals surface area contributed by atoms with Crippen molar-refractivity contribution >= 4 is 5.91 Å². The molecular weight excluding hydrogens is 264 g/mol. The fraction of sp³-hybridized carbons (Fsp3) is 0.938. The highest BCUT2D eigenvalue weighted by atomic mass is 16.1. The average Bonchev–Trinajstić information content (AvgIpc) is 3.09. The summed E-state index contributed by atoms with van der Waals surface area (Å²) >= 11 is 0. The first kappa shape index (κ1) is 16.7. The minimum absolute atomic E-state index is 0.244. The number of nitrogens with two attached hydrogens (primary N) is 1. The number of nitrogens with zero attached hydrogens (tertiary/aromatic N) is 2. The van der Waals surface area contributed by atoms with Crippen molar-refractivity contribution in [3.8, 4) is 0 Å². The molecule has 2 aliphatic heterocycles. The summed E-state index contributed by atoms with van der Waals surface area (Å²) < 4.78 is 0. The van der Waals surface area contributed by atoms with Gasteiger partial charge in [0.2, 0.25) is 5.91 Å². The first-order valence-corrected chi connectivity index (χ1v) is 8.49. The van der Waals surface area contributed by atoms with E-state index in [1.165, 1.54) is 32.4 Å². The molecule has 5 nitrogen and oxygen atoms in total. The lowest BCUT2D eigenvalue weighted by molar-refractivity contribution is -0.124. The summed E-state index contributed by atoms with van der Waals surface area (Å²) in [6.07, 6.45) is 4.75. The lowest BCUT2D eigenvalue weighted by Crippen LogP contribution is -2.56. The van der Waals surface area contributed by atoms with E-state index in [-0.39, 0.29) is 5.91 Å². The predicted molar refractivity (Wildman–Crippen MR) is 86.1 cm³/mol. The SMILES string of the molecule is CCNC(C)(CC(C)N1CCC(N2CCCC2)C1)C(N)=O. The zero-order valence-electron chi connectivity index (χ0n) is 13.9. The van der Waals surface area contributed by atoms with Gasteiger partial charge in [-0.15, -0.1) is 0 Å². The van der Waals surface area contributed by atoms with Crippen molar-refractivity contribution in [2.45, 2.75) is 64.1 Å². The van der Waals surface area contributed by atoms with Gasteiger partial charge in [-0.25, -0.2) is 0 Å². The fourth-order valence-corrected chi connectivity index (χ4v) is 3.94. The van der Waals surface area contributed by atoms with Gasteiger partial charge in [0.25, 0.3) is 0 Å². The highest BCUT2D eigenvalue weighted by Crippen LogP contribution is 2.24. The molecule has 2 rings (SSSR count). The maximum Gasteiger partial charge on any atom is 0.237 e. The number of carbonyl (C=O) groups excluding carboxylic acids is 1. The lowest BCUT2D eigenvalue weighted by atomic mass is 9.92. The molecule has 2 saturated heterocycles. The minimum atomic E-state index is -0.597. The number of amides is 1. The quantitative estimate of drug-likeness (QED) is 0.729. The van der Waals surface area contributed by atoms with Crippen LogP contribution in [0.4, 0.5) is 0 Å². The molecule has 0 saturated carbocycles. The minimum Gasteiger partial charge on any atom is -0.368 e. The monoisotopic (exact) mass is 296 g/mol. The first-order chi connectivity index (χ1) is 9.96.